The molecule has 1 aliphatic heterocycles. The van der Waals surface area contributed by atoms with Crippen molar-refractivity contribution in [3.05, 3.63) is 29.8 Å². The van der Waals surface area contributed by atoms with Crippen LogP contribution >= 0.6 is 12.4 Å². The van der Waals surface area contributed by atoms with Gasteiger partial charge in [0.25, 0.3) is 0 Å². The summed E-state index contributed by atoms with van der Waals surface area (Å²) in [5.41, 5.74) is 1.18. The Kier molecular flexibility index (Phi) is 6.93. The molecule has 1 heterocycles. The minimum absolute atomic E-state index is 0. The molecule has 1 aliphatic carbocycles. The quantitative estimate of drug-likeness (QED) is 0.855. The average Bonchev–Trinajstić information content (AvgIpc) is 2.97. The van der Waals surface area contributed by atoms with Crippen molar-refractivity contribution in [3.8, 4) is 5.75 Å². The van der Waals surface area contributed by atoms with E-state index < -0.39 is 0 Å². The number of fused-ring (bicyclic) bond motifs is 1. The second kappa shape index (κ2) is 8.72. The highest BCUT2D eigenvalue weighted by Crippen LogP contribution is 2.33. The van der Waals surface area contributed by atoms with Crippen molar-refractivity contribution in [1.29, 1.82) is 0 Å². The molecule has 4 atom stereocenters. The number of carbonyl (C=O) groups is 1. The number of hydrogen-bond acceptors (Lipinski definition) is 3. The van der Waals surface area contributed by atoms with Crippen LogP contribution in [0.25, 0.3) is 0 Å². The van der Waals surface area contributed by atoms with Gasteiger partial charge in [-0.25, -0.2) is 0 Å². The van der Waals surface area contributed by atoms with Crippen LogP contribution in [0.5, 0.6) is 5.75 Å². The van der Waals surface area contributed by atoms with Crippen molar-refractivity contribution < 1.29 is 9.53 Å². The molecule has 1 aromatic carbocycles. The van der Waals surface area contributed by atoms with E-state index in [-0.39, 0.29) is 30.5 Å². The van der Waals surface area contributed by atoms with Crippen LogP contribution in [0.15, 0.2) is 24.3 Å². The summed E-state index contributed by atoms with van der Waals surface area (Å²) in [7, 11) is 0. The van der Waals surface area contributed by atoms with Crippen LogP contribution in [-0.4, -0.2) is 30.6 Å². The summed E-state index contributed by atoms with van der Waals surface area (Å²) in [5, 5.41) is 6.56. The lowest BCUT2D eigenvalue weighted by Crippen LogP contribution is -2.45. The molecule has 2 fully saturated rings. The van der Waals surface area contributed by atoms with Gasteiger partial charge in [-0.1, -0.05) is 25.0 Å². The molecule has 1 amide bonds. The first-order valence-electron chi connectivity index (χ1n) is 8.89. The number of aryl methyl sites for hydroxylation is 1. The fourth-order valence-electron chi connectivity index (χ4n) is 3.85. The second-order valence-electron chi connectivity index (χ2n) is 7.10. The number of benzene rings is 1. The maximum Gasteiger partial charge on any atom is 0.237 e. The van der Waals surface area contributed by atoms with Gasteiger partial charge in [0.1, 0.15) is 11.9 Å². The van der Waals surface area contributed by atoms with Crippen LogP contribution in [0, 0.1) is 12.8 Å². The van der Waals surface area contributed by atoms with E-state index in [4.69, 9.17) is 4.74 Å². The number of rotatable bonds is 5. The molecule has 0 radical (unpaired) electrons. The first-order chi connectivity index (χ1) is 11.1. The van der Waals surface area contributed by atoms with E-state index in [2.05, 4.69) is 10.6 Å². The molecule has 1 saturated carbocycles. The first kappa shape index (κ1) is 19.1. The normalized spacial score (nSPS) is 26.8. The molecular weight excluding hydrogens is 324 g/mol. The summed E-state index contributed by atoms with van der Waals surface area (Å²) < 4.78 is 5.87. The van der Waals surface area contributed by atoms with Crippen LogP contribution in [-0.2, 0) is 4.79 Å². The smallest absolute Gasteiger partial charge is 0.237 e. The number of ether oxygens (including phenoxy) is 1. The average molecular weight is 353 g/mol. The summed E-state index contributed by atoms with van der Waals surface area (Å²) in [4.78, 5) is 12.4. The number of nitrogens with one attached hydrogen (secondary N) is 2. The third-order valence-electron chi connectivity index (χ3n) is 5.07. The molecule has 1 saturated heterocycles. The molecule has 24 heavy (non-hydrogen) atoms. The highest BCUT2D eigenvalue weighted by Gasteiger charge is 2.38. The van der Waals surface area contributed by atoms with Crippen LogP contribution in [0.2, 0.25) is 0 Å². The molecule has 0 aromatic heterocycles. The zero-order valence-electron chi connectivity index (χ0n) is 14.6. The van der Waals surface area contributed by atoms with E-state index in [1.54, 1.807) is 0 Å². The Morgan fingerprint density at radius 1 is 1.38 bits per heavy atom. The standard InChI is InChI=1S/C19H28N2O2.ClH/c1-13-6-5-8-16(10-13)23-14(2)12-20-19(22)18-11-15-7-3-4-9-17(15)21-18;/h5-6,8,10,14-15,17-18,21H,3-4,7,9,11-12H2,1-2H3,(H,20,22);1H. The minimum Gasteiger partial charge on any atom is -0.489 e. The lowest BCUT2D eigenvalue weighted by molar-refractivity contribution is -0.123. The SMILES string of the molecule is Cc1cccc(OC(C)CNC(=O)C2CC3CCCCC3N2)c1.Cl. The Labute approximate surface area is 151 Å². The van der Waals surface area contributed by atoms with Crippen LogP contribution in [0.3, 0.4) is 0 Å². The Balaban J connectivity index is 0.00000208. The summed E-state index contributed by atoms with van der Waals surface area (Å²) >= 11 is 0. The highest BCUT2D eigenvalue weighted by molar-refractivity contribution is 5.85. The Morgan fingerprint density at radius 3 is 2.92 bits per heavy atom. The molecular formula is C19H29ClN2O2. The molecule has 3 rings (SSSR count). The largest absolute Gasteiger partial charge is 0.489 e. The number of halogens is 1. The van der Waals surface area contributed by atoms with Crippen molar-refractivity contribution in [2.75, 3.05) is 6.54 Å². The lowest BCUT2D eigenvalue weighted by atomic mass is 9.85. The van der Waals surface area contributed by atoms with Crippen molar-refractivity contribution in [3.63, 3.8) is 0 Å². The molecule has 2 N–H and O–H groups in total. The summed E-state index contributed by atoms with van der Waals surface area (Å²) in [6.45, 7) is 4.58. The molecule has 1 aromatic rings. The van der Waals surface area contributed by atoms with E-state index in [1.165, 1.54) is 31.2 Å². The van der Waals surface area contributed by atoms with Gasteiger partial charge in [-0.15, -0.1) is 12.4 Å². The zero-order valence-corrected chi connectivity index (χ0v) is 15.4. The van der Waals surface area contributed by atoms with Gasteiger partial charge in [0.15, 0.2) is 0 Å². The zero-order chi connectivity index (χ0) is 16.2. The molecule has 5 heteroatoms. The van der Waals surface area contributed by atoms with Crippen LogP contribution in [0.1, 0.15) is 44.6 Å². The van der Waals surface area contributed by atoms with E-state index >= 15 is 0 Å². The van der Waals surface area contributed by atoms with Crippen molar-refractivity contribution in [1.82, 2.24) is 10.6 Å². The number of hydrogen-bond donors (Lipinski definition) is 2. The molecule has 4 nitrogen and oxygen atoms in total. The minimum atomic E-state index is -0.0376. The Hall–Kier alpha value is -1.26. The van der Waals surface area contributed by atoms with Crippen molar-refractivity contribution in [2.24, 2.45) is 5.92 Å². The monoisotopic (exact) mass is 352 g/mol. The fourth-order valence-corrected chi connectivity index (χ4v) is 3.85. The van der Waals surface area contributed by atoms with Gasteiger partial charge < -0.3 is 15.4 Å². The number of carbonyl (C=O) groups excluding carboxylic acids is 1. The molecule has 134 valence electrons. The van der Waals surface area contributed by atoms with E-state index in [9.17, 15) is 4.79 Å². The predicted molar refractivity (Wildman–Crippen MR) is 98.8 cm³/mol. The van der Waals surface area contributed by atoms with Gasteiger partial charge in [-0.3, -0.25) is 4.79 Å². The third kappa shape index (κ3) is 4.87. The molecule has 0 bridgehead atoms. The maximum absolute atomic E-state index is 12.4. The van der Waals surface area contributed by atoms with Crippen molar-refractivity contribution >= 4 is 18.3 Å². The van der Waals surface area contributed by atoms with Crippen molar-refractivity contribution in [2.45, 2.75) is 64.1 Å². The Morgan fingerprint density at radius 2 is 2.17 bits per heavy atom. The van der Waals surface area contributed by atoms with Gasteiger partial charge in [-0.2, -0.15) is 0 Å². The maximum atomic E-state index is 12.4. The van der Waals surface area contributed by atoms with E-state index in [0.29, 0.717) is 18.5 Å². The number of amides is 1. The first-order valence-corrected chi connectivity index (χ1v) is 8.89. The van der Waals surface area contributed by atoms with Gasteiger partial charge in [0.2, 0.25) is 5.91 Å². The topological polar surface area (TPSA) is 50.4 Å². The van der Waals surface area contributed by atoms with Gasteiger partial charge in [-0.05, 0) is 56.7 Å². The lowest BCUT2D eigenvalue weighted by Gasteiger charge is -2.24. The van der Waals surface area contributed by atoms with Gasteiger partial charge in [0, 0.05) is 6.04 Å². The molecule has 2 aliphatic rings. The molecule has 4 unspecified atom stereocenters. The Bertz CT molecular complexity index is 538. The summed E-state index contributed by atoms with van der Waals surface area (Å²) in [5.74, 6) is 1.68. The van der Waals surface area contributed by atoms with Gasteiger partial charge in [0.05, 0.1) is 12.6 Å². The summed E-state index contributed by atoms with van der Waals surface area (Å²) in [6, 6.07) is 8.54. The highest BCUT2D eigenvalue weighted by atomic mass is 35.5. The summed E-state index contributed by atoms with van der Waals surface area (Å²) in [6.07, 6.45) is 6.06. The second-order valence-corrected chi connectivity index (χ2v) is 7.10. The predicted octanol–water partition coefficient (Wildman–Crippen LogP) is 3.22. The van der Waals surface area contributed by atoms with Crippen LogP contribution < -0.4 is 15.4 Å². The third-order valence-corrected chi connectivity index (χ3v) is 5.07. The van der Waals surface area contributed by atoms with E-state index in [1.807, 2.05) is 38.1 Å². The molecule has 0 spiro atoms. The van der Waals surface area contributed by atoms with Gasteiger partial charge >= 0.3 is 0 Å². The fraction of sp³-hybridized carbons (Fsp3) is 0.632. The van der Waals surface area contributed by atoms with E-state index in [0.717, 1.165) is 12.2 Å². The van der Waals surface area contributed by atoms with Crippen LogP contribution in [0.4, 0.5) is 0 Å².